The number of hydrogen-bond donors (Lipinski definition) is 0. The molecule has 5 heteroatoms. The summed E-state index contributed by atoms with van der Waals surface area (Å²) in [6.07, 6.45) is 4.50. The largest absolute Gasteiger partial charge is 1.00 e. The van der Waals surface area contributed by atoms with Crippen LogP contribution in [0.2, 0.25) is 0 Å². The van der Waals surface area contributed by atoms with Crippen LogP contribution in [-0.2, 0) is 17.1 Å². The Labute approximate surface area is 247 Å². The summed E-state index contributed by atoms with van der Waals surface area (Å²) in [5.74, 6) is 0. The Morgan fingerprint density at radius 3 is 1.03 bits per heavy atom. The van der Waals surface area contributed by atoms with Gasteiger partial charge in [0.25, 0.3) is 0 Å². The maximum atomic E-state index is 5.12. The van der Waals surface area contributed by atoms with Crippen molar-refractivity contribution in [3.8, 4) is 0 Å². The second kappa shape index (κ2) is 16.0. The van der Waals surface area contributed by atoms with Crippen molar-refractivity contribution in [1.29, 1.82) is 0 Å². The summed E-state index contributed by atoms with van der Waals surface area (Å²) >= 11 is 0. The third-order valence-electron chi connectivity index (χ3n) is 6.49. The quantitative estimate of drug-likeness (QED) is 0.221. The number of aromatic nitrogens is 1. The van der Waals surface area contributed by atoms with Crippen LogP contribution in [0.5, 0.6) is 0 Å². The third-order valence-corrected chi connectivity index (χ3v) is 11.5. The van der Waals surface area contributed by atoms with Crippen LogP contribution in [0.4, 0.5) is 0 Å². The Hall–Kier alpha value is -2.42. The smallest absolute Gasteiger partial charge is 0.664 e. The van der Waals surface area contributed by atoms with Crippen molar-refractivity contribution in [1.82, 2.24) is 4.98 Å². The number of ether oxygens (including phenoxy) is 1. The van der Waals surface area contributed by atoms with Crippen molar-refractivity contribution in [3.05, 3.63) is 145 Å². The SMILES string of the molecule is C1CCOC1.[Li+].c1ccc(P(Cc2ccc(CP(c3ccccc3)c3ccccc3)[n-]2)c2ccccc2)cc1. The molecule has 0 saturated carbocycles. The van der Waals surface area contributed by atoms with Gasteiger partial charge in [-0.3, -0.25) is 0 Å². The standard InChI is InChI=1S/C30H26NP2.C4H8O.Li/c1-5-13-27(14-6-1)32(28-15-7-2-8-16-28)23-25-21-22-26(31-25)24-33(29-17-9-3-10-18-29)30-19-11-4-12-20-30;1-2-4-5-3-1;/h1-22H,23-24H2;1-4H2;/q-1;;+1. The zero-order valence-electron chi connectivity index (χ0n) is 22.7. The van der Waals surface area contributed by atoms with Gasteiger partial charge in [0.05, 0.1) is 0 Å². The molecule has 0 aliphatic carbocycles. The number of nitrogens with zero attached hydrogens (tertiary/aromatic N) is 1. The van der Waals surface area contributed by atoms with Gasteiger partial charge in [-0.15, -0.1) is 0 Å². The first-order valence-electron chi connectivity index (χ1n) is 13.3. The van der Waals surface area contributed by atoms with Gasteiger partial charge < -0.3 is 9.72 Å². The molecule has 1 aromatic heterocycles. The molecule has 2 heterocycles. The van der Waals surface area contributed by atoms with Crippen molar-refractivity contribution in [2.45, 2.75) is 25.2 Å². The molecule has 0 radical (unpaired) electrons. The van der Waals surface area contributed by atoms with E-state index in [4.69, 9.17) is 9.72 Å². The van der Waals surface area contributed by atoms with Crippen molar-refractivity contribution in [3.63, 3.8) is 0 Å². The second-order valence-electron chi connectivity index (χ2n) is 9.26. The van der Waals surface area contributed by atoms with Crippen LogP contribution in [0.3, 0.4) is 0 Å². The Bertz CT molecular complexity index is 1160. The zero-order valence-corrected chi connectivity index (χ0v) is 24.5. The molecule has 1 saturated heterocycles. The molecular formula is C34H34LiNOP2. The van der Waals surface area contributed by atoms with Crippen molar-refractivity contribution >= 4 is 37.1 Å². The van der Waals surface area contributed by atoms with Gasteiger partial charge in [-0.25, -0.2) is 0 Å². The van der Waals surface area contributed by atoms with E-state index in [9.17, 15) is 0 Å². The third kappa shape index (κ3) is 8.78. The molecule has 4 aromatic carbocycles. The number of hydrogen-bond acceptors (Lipinski definition) is 1. The zero-order chi connectivity index (χ0) is 25.8. The fourth-order valence-corrected chi connectivity index (χ4v) is 9.01. The maximum absolute atomic E-state index is 5.12. The normalized spacial score (nSPS) is 12.6. The first-order chi connectivity index (χ1) is 18.9. The van der Waals surface area contributed by atoms with E-state index < -0.39 is 15.8 Å². The van der Waals surface area contributed by atoms with Crippen molar-refractivity contribution < 1.29 is 23.6 Å². The van der Waals surface area contributed by atoms with Gasteiger partial charge in [0.1, 0.15) is 0 Å². The van der Waals surface area contributed by atoms with Crippen LogP contribution < -0.4 is 45.1 Å². The van der Waals surface area contributed by atoms with E-state index in [1.807, 2.05) is 0 Å². The Morgan fingerprint density at radius 1 is 0.462 bits per heavy atom. The molecule has 1 aliphatic rings. The summed E-state index contributed by atoms with van der Waals surface area (Å²) in [4.78, 5) is 5.12. The summed E-state index contributed by atoms with van der Waals surface area (Å²) in [7, 11) is -0.958. The van der Waals surface area contributed by atoms with Crippen molar-refractivity contribution in [2.24, 2.45) is 0 Å². The van der Waals surface area contributed by atoms with E-state index in [2.05, 4.69) is 133 Å². The van der Waals surface area contributed by atoms with Gasteiger partial charge >= 0.3 is 18.9 Å². The second-order valence-corrected chi connectivity index (χ2v) is 13.7. The molecule has 39 heavy (non-hydrogen) atoms. The predicted molar refractivity (Wildman–Crippen MR) is 165 cm³/mol. The van der Waals surface area contributed by atoms with E-state index in [1.54, 1.807) is 0 Å². The van der Waals surface area contributed by atoms with Crippen LogP contribution in [-0.4, -0.2) is 13.2 Å². The average Bonchev–Trinajstić information content (AvgIpc) is 3.72. The summed E-state index contributed by atoms with van der Waals surface area (Å²) in [6, 6.07) is 48.0. The summed E-state index contributed by atoms with van der Waals surface area (Å²) < 4.78 is 4.94. The predicted octanol–water partition coefficient (Wildman–Crippen LogP) is 3.71. The summed E-state index contributed by atoms with van der Waals surface area (Å²) in [6.45, 7) is 2.00. The van der Waals surface area contributed by atoms with Crippen LogP contribution in [0.15, 0.2) is 133 Å². The molecule has 0 N–H and O–H groups in total. The molecule has 2 nitrogen and oxygen atoms in total. The molecule has 192 valence electrons. The molecule has 0 amide bonds. The molecule has 0 spiro atoms. The number of benzene rings is 4. The van der Waals surface area contributed by atoms with E-state index in [0.29, 0.717) is 0 Å². The summed E-state index contributed by atoms with van der Waals surface area (Å²) in [5, 5.41) is 5.61. The number of rotatable bonds is 8. The maximum Gasteiger partial charge on any atom is 1.00 e. The minimum Gasteiger partial charge on any atom is -0.664 e. The topological polar surface area (TPSA) is 23.3 Å². The first kappa shape index (κ1) is 29.6. The Balaban J connectivity index is 0.000000530. The van der Waals surface area contributed by atoms with E-state index in [0.717, 1.165) is 25.5 Å². The Kier molecular flexibility index (Phi) is 12.1. The van der Waals surface area contributed by atoms with Crippen LogP contribution in [0.1, 0.15) is 24.2 Å². The molecule has 1 aliphatic heterocycles. The fourth-order valence-electron chi connectivity index (χ4n) is 4.56. The monoisotopic (exact) mass is 541 g/mol. The molecule has 1 fully saturated rings. The van der Waals surface area contributed by atoms with Crippen molar-refractivity contribution in [2.75, 3.05) is 13.2 Å². The minimum atomic E-state index is -0.479. The first-order valence-corrected chi connectivity index (χ1v) is 16.4. The van der Waals surface area contributed by atoms with Gasteiger partial charge in [0, 0.05) is 13.2 Å². The van der Waals surface area contributed by atoms with Gasteiger partial charge in [0.2, 0.25) is 0 Å². The molecule has 0 unspecified atom stereocenters. The van der Waals surface area contributed by atoms with Gasteiger partial charge in [-0.2, -0.15) is 11.4 Å². The van der Waals surface area contributed by atoms with E-state index in [1.165, 1.54) is 45.4 Å². The van der Waals surface area contributed by atoms with Crippen LogP contribution in [0.25, 0.3) is 0 Å². The fraction of sp³-hybridized carbons (Fsp3) is 0.176. The van der Waals surface area contributed by atoms with Crippen LogP contribution >= 0.6 is 15.8 Å². The van der Waals surface area contributed by atoms with Gasteiger partial charge in [-0.1, -0.05) is 133 Å². The molecule has 5 aromatic rings. The van der Waals surface area contributed by atoms with Gasteiger partial charge in [0.15, 0.2) is 0 Å². The molecule has 6 rings (SSSR count). The molecular weight excluding hydrogens is 507 g/mol. The van der Waals surface area contributed by atoms with E-state index >= 15 is 0 Å². The average molecular weight is 542 g/mol. The molecule has 0 atom stereocenters. The van der Waals surface area contributed by atoms with E-state index in [-0.39, 0.29) is 18.9 Å². The molecule has 0 bridgehead atoms. The minimum absolute atomic E-state index is 0. The Morgan fingerprint density at radius 2 is 0.769 bits per heavy atom. The van der Waals surface area contributed by atoms with Gasteiger partial charge in [-0.05, 0) is 62.2 Å². The van der Waals surface area contributed by atoms with Crippen LogP contribution in [0, 0.1) is 0 Å². The summed E-state index contributed by atoms with van der Waals surface area (Å²) in [5.41, 5.74) is 2.39.